The molecule has 0 N–H and O–H groups in total. The third-order valence-electron chi connectivity index (χ3n) is 2.30. The van der Waals surface area contributed by atoms with Crippen LogP contribution in [-0.4, -0.2) is 9.97 Å². The first kappa shape index (κ1) is 15.0. The van der Waals surface area contributed by atoms with E-state index in [2.05, 4.69) is 9.97 Å². The van der Waals surface area contributed by atoms with Gasteiger partial charge in [-0.15, -0.1) is 0 Å². The maximum absolute atomic E-state index is 13.5. The summed E-state index contributed by atoms with van der Waals surface area (Å²) in [4.78, 5) is 7.73. The van der Waals surface area contributed by atoms with Gasteiger partial charge in [-0.3, -0.25) is 0 Å². The highest BCUT2D eigenvalue weighted by molar-refractivity contribution is 7.98. The van der Waals surface area contributed by atoms with Crippen molar-refractivity contribution in [3.8, 4) is 6.07 Å². The second-order valence-electron chi connectivity index (χ2n) is 3.58. The fraction of sp³-hybridized carbons (Fsp3) is 0.0833. The molecule has 102 valence electrons. The minimum Gasteiger partial charge on any atom is -0.209 e. The van der Waals surface area contributed by atoms with Crippen molar-refractivity contribution < 1.29 is 8.78 Å². The number of hydrogen-bond donors (Lipinski definition) is 0. The highest BCUT2D eigenvalue weighted by atomic mass is 35.5. The molecule has 20 heavy (non-hydrogen) atoms. The van der Waals surface area contributed by atoms with Crippen LogP contribution in [0.1, 0.15) is 11.1 Å². The molecule has 0 unspecified atom stereocenters. The van der Waals surface area contributed by atoms with E-state index in [1.54, 1.807) is 6.07 Å². The highest BCUT2D eigenvalue weighted by Gasteiger charge is 2.13. The molecule has 2 aromatic rings. The molecular formula is C12H5Cl2F2N3S. The van der Waals surface area contributed by atoms with Crippen molar-refractivity contribution in [3.63, 3.8) is 0 Å². The first-order valence-corrected chi connectivity index (χ1v) is 6.96. The molecule has 8 heteroatoms. The molecule has 1 heterocycles. The van der Waals surface area contributed by atoms with E-state index in [-0.39, 0.29) is 32.3 Å². The number of halogens is 4. The van der Waals surface area contributed by atoms with E-state index < -0.39 is 11.6 Å². The molecule has 1 aromatic heterocycles. The zero-order valence-electron chi connectivity index (χ0n) is 9.70. The van der Waals surface area contributed by atoms with Crippen molar-refractivity contribution >= 4 is 35.0 Å². The van der Waals surface area contributed by atoms with Gasteiger partial charge in [0.1, 0.15) is 11.6 Å². The lowest BCUT2D eigenvalue weighted by atomic mass is 10.2. The fourth-order valence-corrected chi connectivity index (χ4v) is 2.74. The van der Waals surface area contributed by atoms with Gasteiger partial charge in [0.15, 0.2) is 27.1 Å². The topological polar surface area (TPSA) is 49.6 Å². The average Bonchev–Trinajstić information content (AvgIpc) is 2.40. The van der Waals surface area contributed by atoms with Crippen LogP contribution in [0.2, 0.25) is 10.3 Å². The van der Waals surface area contributed by atoms with Gasteiger partial charge in [-0.1, -0.05) is 47.1 Å². The zero-order chi connectivity index (χ0) is 14.7. The van der Waals surface area contributed by atoms with Gasteiger partial charge in [0.2, 0.25) is 0 Å². The monoisotopic (exact) mass is 331 g/mol. The molecule has 0 amide bonds. The Labute approximate surface area is 127 Å². The first-order chi connectivity index (χ1) is 9.52. The summed E-state index contributed by atoms with van der Waals surface area (Å²) in [5.74, 6) is -1.71. The molecule has 0 radical (unpaired) electrons. The quantitative estimate of drug-likeness (QED) is 0.480. The predicted molar refractivity (Wildman–Crippen MR) is 72.7 cm³/mol. The number of benzene rings is 1. The lowest BCUT2D eigenvalue weighted by Gasteiger charge is -2.04. The summed E-state index contributed by atoms with van der Waals surface area (Å²) in [6, 6.07) is 5.68. The van der Waals surface area contributed by atoms with E-state index in [1.807, 2.05) is 0 Å². The second kappa shape index (κ2) is 6.35. The van der Waals surface area contributed by atoms with Crippen LogP contribution in [-0.2, 0) is 5.75 Å². The van der Waals surface area contributed by atoms with Gasteiger partial charge < -0.3 is 0 Å². The van der Waals surface area contributed by atoms with E-state index in [1.165, 1.54) is 12.1 Å². The van der Waals surface area contributed by atoms with Crippen LogP contribution in [0.25, 0.3) is 0 Å². The van der Waals surface area contributed by atoms with Gasteiger partial charge in [-0.05, 0) is 6.07 Å². The van der Waals surface area contributed by atoms with Crippen molar-refractivity contribution in [2.75, 3.05) is 0 Å². The third kappa shape index (κ3) is 3.18. The molecule has 2 rings (SSSR count). The summed E-state index contributed by atoms with van der Waals surface area (Å²) in [6.45, 7) is 0. The Morgan fingerprint density at radius 2 is 1.85 bits per heavy atom. The van der Waals surface area contributed by atoms with E-state index in [4.69, 9.17) is 28.5 Å². The fourth-order valence-electron chi connectivity index (χ4n) is 1.35. The van der Waals surface area contributed by atoms with Crippen molar-refractivity contribution in [3.05, 3.63) is 51.3 Å². The van der Waals surface area contributed by atoms with Gasteiger partial charge in [0, 0.05) is 11.3 Å². The summed E-state index contributed by atoms with van der Waals surface area (Å²) >= 11 is 12.6. The Morgan fingerprint density at radius 1 is 1.20 bits per heavy atom. The maximum Gasteiger partial charge on any atom is 0.190 e. The predicted octanol–water partition coefficient (Wildman–Crippen LogP) is 4.23. The maximum atomic E-state index is 13.5. The van der Waals surface area contributed by atoms with E-state index in [0.29, 0.717) is 0 Å². The summed E-state index contributed by atoms with van der Waals surface area (Å²) < 4.78 is 26.5. The Morgan fingerprint density at radius 3 is 2.45 bits per heavy atom. The van der Waals surface area contributed by atoms with Crippen LogP contribution in [0, 0.1) is 23.0 Å². The van der Waals surface area contributed by atoms with Crippen molar-refractivity contribution in [2.24, 2.45) is 0 Å². The molecule has 0 atom stereocenters. The Hall–Kier alpha value is -1.42. The molecule has 0 saturated carbocycles. The summed E-state index contributed by atoms with van der Waals surface area (Å²) in [5.41, 5.74) is 0.157. The number of thioether (sulfide) groups is 1. The molecule has 0 saturated heterocycles. The summed E-state index contributed by atoms with van der Waals surface area (Å²) in [6.07, 6.45) is 0. The van der Waals surface area contributed by atoms with Gasteiger partial charge in [-0.2, -0.15) is 5.26 Å². The molecular weight excluding hydrogens is 327 g/mol. The molecule has 3 nitrogen and oxygen atoms in total. The summed E-state index contributed by atoms with van der Waals surface area (Å²) in [7, 11) is 0. The Bertz CT molecular complexity index is 681. The van der Waals surface area contributed by atoms with Gasteiger partial charge in [-0.25, -0.2) is 18.7 Å². The third-order valence-corrected chi connectivity index (χ3v) is 3.74. The van der Waals surface area contributed by atoms with Gasteiger partial charge in [0.25, 0.3) is 0 Å². The number of nitrogens with zero attached hydrogens (tertiary/aromatic N) is 3. The van der Waals surface area contributed by atoms with Crippen molar-refractivity contribution in [1.82, 2.24) is 9.97 Å². The second-order valence-corrected chi connectivity index (χ2v) is 5.23. The van der Waals surface area contributed by atoms with Gasteiger partial charge in [0.05, 0.1) is 0 Å². The lowest BCUT2D eigenvalue weighted by Crippen LogP contribution is -1.96. The number of hydrogen-bond acceptors (Lipinski definition) is 4. The average molecular weight is 332 g/mol. The molecule has 0 aliphatic heterocycles. The Balaban J connectivity index is 2.20. The van der Waals surface area contributed by atoms with Crippen LogP contribution in [0.15, 0.2) is 23.4 Å². The summed E-state index contributed by atoms with van der Waals surface area (Å²) in [5, 5.41) is 8.80. The normalized spacial score (nSPS) is 10.3. The standard InChI is InChI=1S/C12H5Cl2F2N3S/c13-10-7(4-17)11(14)19-12(18-10)20-5-6-2-1-3-8(15)9(6)16/h1-3H,5H2. The van der Waals surface area contributed by atoms with E-state index in [9.17, 15) is 8.78 Å². The molecule has 0 spiro atoms. The lowest BCUT2D eigenvalue weighted by molar-refractivity contribution is 0.502. The minimum absolute atomic E-state index is 0.0189. The molecule has 0 aliphatic carbocycles. The number of nitriles is 1. The SMILES string of the molecule is N#Cc1c(Cl)nc(SCc2cccc(F)c2F)nc1Cl. The zero-order valence-corrected chi connectivity index (χ0v) is 12.0. The Kier molecular flexibility index (Phi) is 4.76. The molecule has 0 fully saturated rings. The van der Waals surface area contributed by atoms with Crippen LogP contribution < -0.4 is 0 Å². The van der Waals surface area contributed by atoms with Crippen LogP contribution in [0.4, 0.5) is 8.78 Å². The minimum atomic E-state index is -0.917. The van der Waals surface area contributed by atoms with Crippen molar-refractivity contribution in [1.29, 1.82) is 5.26 Å². The number of rotatable bonds is 3. The number of aromatic nitrogens is 2. The van der Waals surface area contributed by atoms with Crippen molar-refractivity contribution in [2.45, 2.75) is 10.9 Å². The highest BCUT2D eigenvalue weighted by Crippen LogP contribution is 2.27. The smallest absolute Gasteiger partial charge is 0.190 e. The van der Waals surface area contributed by atoms with E-state index in [0.717, 1.165) is 17.8 Å². The van der Waals surface area contributed by atoms with Crippen LogP contribution >= 0.6 is 35.0 Å². The van der Waals surface area contributed by atoms with E-state index >= 15 is 0 Å². The largest absolute Gasteiger partial charge is 0.209 e. The van der Waals surface area contributed by atoms with Gasteiger partial charge >= 0.3 is 0 Å². The molecule has 1 aromatic carbocycles. The van der Waals surface area contributed by atoms with Crippen LogP contribution in [0.5, 0.6) is 0 Å². The van der Waals surface area contributed by atoms with Crippen LogP contribution in [0.3, 0.4) is 0 Å². The molecule has 0 aliphatic rings. The molecule has 0 bridgehead atoms. The first-order valence-electron chi connectivity index (χ1n) is 5.21.